The summed E-state index contributed by atoms with van der Waals surface area (Å²) < 4.78 is 5.12. The normalized spacial score (nSPS) is 18.7. The average Bonchev–Trinajstić information content (AvgIpc) is 3.17. The summed E-state index contributed by atoms with van der Waals surface area (Å²) in [5.41, 5.74) is 0.958. The highest BCUT2D eigenvalue weighted by molar-refractivity contribution is 7.13. The standard InChI is InChI=1S/C13H13N3O4S/c17-12(16-3-4-20-7-10(16)13(18)19)9-6-8(14-15-9)11-2-1-5-21-11/h1-2,5-6,10H,3-4,7H2,(H,14,15)(H,18,19). The number of nitrogens with one attached hydrogen (secondary N) is 1. The highest BCUT2D eigenvalue weighted by Crippen LogP contribution is 2.23. The molecule has 0 saturated carbocycles. The molecule has 1 fully saturated rings. The van der Waals surface area contributed by atoms with Gasteiger partial charge in [-0.1, -0.05) is 6.07 Å². The molecule has 0 aliphatic carbocycles. The molecule has 1 aliphatic heterocycles. The zero-order chi connectivity index (χ0) is 14.8. The van der Waals surface area contributed by atoms with Crippen LogP contribution in [0.3, 0.4) is 0 Å². The topological polar surface area (TPSA) is 95.5 Å². The number of ether oxygens (including phenoxy) is 1. The fourth-order valence-electron chi connectivity index (χ4n) is 2.19. The number of H-pyrrole nitrogens is 1. The van der Waals surface area contributed by atoms with Crippen molar-refractivity contribution < 1.29 is 19.4 Å². The fourth-order valence-corrected chi connectivity index (χ4v) is 2.88. The second-order valence-electron chi connectivity index (χ2n) is 4.57. The Morgan fingerprint density at radius 1 is 1.52 bits per heavy atom. The maximum Gasteiger partial charge on any atom is 0.328 e. The van der Waals surface area contributed by atoms with Gasteiger partial charge in [-0.05, 0) is 17.5 Å². The van der Waals surface area contributed by atoms with E-state index >= 15 is 0 Å². The van der Waals surface area contributed by atoms with Gasteiger partial charge in [0.1, 0.15) is 0 Å². The van der Waals surface area contributed by atoms with E-state index in [1.165, 1.54) is 16.2 Å². The van der Waals surface area contributed by atoms with Crippen molar-refractivity contribution in [1.82, 2.24) is 15.1 Å². The lowest BCUT2D eigenvalue weighted by atomic mass is 10.2. The number of aromatic amines is 1. The summed E-state index contributed by atoms with van der Waals surface area (Å²) in [5.74, 6) is -1.47. The quantitative estimate of drug-likeness (QED) is 0.884. The number of hydrogen-bond donors (Lipinski definition) is 2. The number of morpholine rings is 1. The van der Waals surface area contributed by atoms with Gasteiger partial charge in [-0.3, -0.25) is 9.89 Å². The molecule has 2 aromatic heterocycles. The van der Waals surface area contributed by atoms with E-state index in [1.54, 1.807) is 6.07 Å². The predicted octanol–water partition coefficient (Wildman–Crippen LogP) is 1.06. The fraction of sp³-hybridized carbons (Fsp3) is 0.308. The number of carbonyl (C=O) groups excluding carboxylic acids is 1. The van der Waals surface area contributed by atoms with E-state index < -0.39 is 17.9 Å². The van der Waals surface area contributed by atoms with E-state index in [4.69, 9.17) is 9.84 Å². The molecule has 2 N–H and O–H groups in total. The molecule has 0 spiro atoms. The number of nitrogens with zero attached hydrogens (tertiary/aromatic N) is 2. The molecule has 8 heteroatoms. The third-order valence-corrected chi connectivity index (χ3v) is 4.16. The SMILES string of the molecule is O=C(O)C1COCCN1C(=O)c1cc(-c2cccs2)[nH]n1. The molecule has 2 aromatic rings. The van der Waals surface area contributed by atoms with Gasteiger partial charge in [-0.15, -0.1) is 11.3 Å². The minimum absolute atomic E-state index is 0.00325. The summed E-state index contributed by atoms with van der Waals surface area (Å²) in [6.45, 7) is 0.581. The summed E-state index contributed by atoms with van der Waals surface area (Å²) in [7, 11) is 0. The predicted molar refractivity (Wildman–Crippen MR) is 75.2 cm³/mol. The van der Waals surface area contributed by atoms with Crippen molar-refractivity contribution in [3.05, 3.63) is 29.3 Å². The average molecular weight is 307 g/mol. The number of aromatic nitrogens is 2. The summed E-state index contributed by atoms with van der Waals surface area (Å²) in [4.78, 5) is 25.9. The van der Waals surface area contributed by atoms with Crippen molar-refractivity contribution in [2.24, 2.45) is 0 Å². The molecule has 7 nitrogen and oxygen atoms in total. The summed E-state index contributed by atoms with van der Waals surface area (Å²) >= 11 is 1.53. The molecule has 1 saturated heterocycles. The number of carbonyl (C=O) groups is 2. The van der Waals surface area contributed by atoms with Gasteiger partial charge < -0.3 is 14.7 Å². The second-order valence-corrected chi connectivity index (χ2v) is 5.52. The Kier molecular flexibility index (Phi) is 3.72. The van der Waals surface area contributed by atoms with Crippen LogP contribution in [0.15, 0.2) is 23.6 Å². The van der Waals surface area contributed by atoms with Crippen LogP contribution in [-0.4, -0.2) is 57.9 Å². The minimum Gasteiger partial charge on any atom is -0.480 e. The zero-order valence-corrected chi connectivity index (χ0v) is 11.8. The van der Waals surface area contributed by atoms with E-state index in [2.05, 4.69) is 10.2 Å². The summed E-state index contributed by atoms with van der Waals surface area (Å²) in [6, 6.07) is 4.50. The van der Waals surface area contributed by atoms with Gasteiger partial charge in [0.25, 0.3) is 5.91 Å². The molecule has 1 unspecified atom stereocenters. The molecule has 0 aromatic carbocycles. The Balaban J connectivity index is 1.83. The third-order valence-electron chi connectivity index (χ3n) is 3.26. The Morgan fingerprint density at radius 2 is 2.38 bits per heavy atom. The number of hydrogen-bond acceptors (Lipinski definition) is 5. The molecule has 1 atom stereocenters. The number of thiophene rings is 1. The first-order valence-corrected chi connectivity index (χ1v) is 7.25. The van der Waals surface area contributed by atoms with Gasteiger partial charge >= 0.3 is 5.97 Å². The van der Waals surface area contributed by atoms with Crippen LogP contribution in [0.5, 0.6) is 0 Å². The van der Waals surface area contributed by atoms with Crippen molar-refractivity contribution in [3.63, 3.8) is 0 Å². The number of carboxylic acids is 1. The highest BCUT2D eigenvalue weighted by atomic mass is 32.1. The van der Waals surface area contributed by atoms with Crippen molar-refractivity contribution >= 4 is 23.2 Å². The van der Waals surface area contributed by atoms with E-state index in [-0.39, 0.29) is 18.8 Å². The van der Waals surface area contributed by atoms with Crippen LogP contribution < -0.4 is 0 Å². The van der Waals surface area contributed by atoms with Crippen LogP contribution in [-0.2, 0) is 9.53 Å². The van der Waals surface area contributed by atoms with Crippen molar-refractivity contribution in [2.75, 3.05) is 19.8 Å². The van der Waals surface area contributed by atoms with Gasteiger partial charge in [-0.2, -0.15) is 5.10 Å². The Labute approximate surface area is 124 Å². The molecule has 3 rings (SSSR count). The van der Waals surface area contributed by atoms with Gasteiger partial charge in [-0.25, -0.2) is 4.79 Å². The molecule has 3 heterocycles. The lowest BCUT2D eigenvalue weighted by Gasteiger charge is -2.32. The van der Waals surface area contributed by atoms with Crippen LogP contribution in [0.25, 0.3) is 10.6 Å². The molecular formula is C13H13N3O4S. The van der Waals surface area contributed by atoms with Crippen molar-refractivity contribution in [2.45, 2.75) is 6.04 Å². The molecule has 0 radical (unpaired) electrons. The molecule has 21 heavy (non-hydrogen) atoms. The first kappa shape index (κ1) is 13.8. The minimum atomic E-state index is -1.07. The molecular weight excluding hydrogens is 294 g/mol. The lowest BCUT2D eigenvalue weighted by Crippen LogP contribution is -2.52. The molecule has 110 valence electrons. The Morgan fingerprint density at radius 3 is 3.10 bits per heavy atom. The van der Waals surface area contributed by atoms with Crippen LogP contribution in [0.4, 0.5) is 0 Å². The lowest BCUT2D eigenvalue weighted by molar-refractivity contribution is -0.147. The first-order chi connectivity index (χ1) is 10.2. The molecule has 0 bridgehead atoms. The maximum absolute atomic E-state index is 12.4. The van der Waals surface area contributed by atoms with Gasteiger partial charge in [0.2, 0.25) is 0 Å². The van der Waals surface area contributed by atoms with Crippen LogP contribution in [0.2, 0.25) is 0 Å². The monoisotopic (exact) mass is 307 g/mol. The number of rotatable bonds is 3. The van der Waals surface area contributed by atoms with Gasteiger partial charge in [0, 0.05) is 6.54 Å². The van der Waals surface area contributed by atoms with Crippen LogP contribution >= 0.6 is 11.3 Å². The van der Waals surface area contributed by atoms with Gasteiger partial charge in [0.15, 0.2) is 11.7 Å². The first-order valence-electron chi connectivity index (χ1n) is 6.37. The van der Waals surface area contributed by atoms with Crippen LogP contribution in [0.1, 0.15) is 10.5 Å². The van der Waals surface area contributed by atoms with E-state index in [9.17, 15) is 9.59 Å². The highest BCUT2D eigenvalue weighted by Gasteiger charge is 2.34. The summed E-state index contributed by atoms with van der Waals surface area (Å²) in [6.07, 6.45) is 0. The van der Waals surface area contributed by atoms with Gasteiger partial charge in [0.05, 0.1) is 23.8 Å². The van der Waals surface area contributed by atoms with E-state index in [0.717, 1.165) is 10.6 Å². The largest absolute Gasteiger partial charge is 0.480 e. The smallest absolute Gasteiger partial charge is 0.328 e. The van der Waals surface area contributed by atoms with Crippen molar-refractivity contribution in [1.29, 1.82) is 0 Å². The van der Waals surface area contributed by atoms with E-state index in [1.807, 2.05) is 17.5 Å². The number of carboxylic acid groups (broad SMARTS) is 1. The molecule has 1 aliphatic rings. The van der Waals surface area contributed by atoms with Crippen molar-refractivity contribution in [3.8, 4) is 10.6 Å². The maximum atomic E-state index is 12.4. The molecule has 1 amide bonds. The Hall–Kier alpha value is -2.19. The van der Waals surface area contributed by atoms with Crippen LogP contribution in [0, 0.1) is 0 Å². The van der Waals surface area contributed by atoms with E-state index in [0.29, 0.717) is 6.61 Å². The zero-order valence-electron chi connectivity index (χ0n) is 11.0. The third kappa shape index (κ3) is 2.67. The second kappa shape index (κ2) is 5.66. The number of aliphatic carboxylic acids is 1. The number of amides is 1. The Bertz CT molecular complexity index is 652. The summed E-state index contributed by atoms with van der Waals surface area (Å²) in [5, 5.41) is 17.9.